The lowest BCUT2D eigenvalue weighted by atomic mass is 10.2. The second-order valence-corrected chi connectivity index (χ2v) is 5.03. The molecule has 124 valence electrons. The van der Waals surface area contributed by atoms with Crippen molar-refractivity contribution in [2.24, 2.45) is 0 Å². The van der Waals surface area contributed by atoms with Crippen LogP contribution in [0.3, 0.4) is 0 Å². The summed E-state index contributed by atoms with van der Waals surface area (Å²) in [5.41, 5.74) is 1.09. The Kier molecular flexibility index (Phi) is 5.68. The van der Waals surface area contributed by atoms with Gasteiger partial charge in [0.1, 0.15) is 23.9 Å². The fraction of sp³-hybridized carbons (Fsp3) is 0.111. The average Bonchev–Trinajstić information content (AvgIpc) is 2.53. The van der Waals surface area contributed by atoms with Crippen molar-refractivity contribution in [3.05, 3.63) is 71.2 Å². The number of hydrogen-bond acceptors (Lipinski definition) is 3. The SMILES string of the molecule is CC(=O)NC(=Cc1ccc(OCc2cccc(F)c2)cc1)C(=O)O. The summed E-state index contributed by atoms with van der Waals surface area (Å²) in [6, 6.07) is 12.8. The minimum absolute atomic E-state index is 0.212. The number of carboxylic acid groups (broad SMARTS) is 1. The van der Waals surface area contributed by atoms with E-state index >= 15 is 0 Å². The van der Waals surface area contributed by atoms with Crippen LogP contribution in [0.15, 0.2) is 54.2 Å². The fourth-order valence-corrected chi connectivity index (χ4v) is 1.96. The van der Waals surface area contributed by atoms with Gasteiger partial charge < -0.3 is 15.2 Å². The van der Waals surface area contributed by atoms with Gasteiger partial charge in [-0.1, -0.05) is 24.3 Å². The highest BCUT2D eigenvalue weighted by molar-refractivity contribution is 5.96. The summed E-state index contributed by atoms with van der Waals surface area (Å²) in [6.45, 7) is 1.46. The van der Waals surface area contributed by atoms with Gasteiger partial charge in [0.15, 0.2) is 0 Å². The first-order chi connectivity index (χ1) is 11.4. The molecule has 0 heterocycles. The molecule has 24 heavy (non-hydrogen) atoms. The molecular formula is C18H16FNO4. The van der Waals surface area contributed by atoms with Crippen LogP contribution in [0.1, 0.15) is 18.1 Å². The number of aliphatic carboxylic acids is 1. The van der Waals surface area contributed by atoms with Gasteiger partial charge in [-0.25, -0.2) is 9.18 Å². The molecule has 1 amide bonds. The first-order valence-corrected chi connectivity index (χ1v) is 7.14. The lowest BCUT2D eigenvalue weighted by Crippen LogP contribution is -2.24. The minimum atomic E-state index is -1.23. The highest BCUT2D eigenvalue weighted by Crippen LogP contribution is 2.16. The Labute approximate surface area is 138 Å². The van der Waals surface area contributed by atoms with E-state index in [-0.39, 0.29) is 18.1 Å². The van der Waals surface area contributed by atoms with Crippen molar-refractivity contribution in [3.63, 3.8) is 0 Å². The van der Waals surface area contributed by atoms with Gasteiger partial charge in [-0.05, 0) is 41.5 Å². The molecule has 5 nitrogen and oxygen atoms in total. The number of halogens is 1. The van der Waals surface area contributed by atoms with E-state index in [1.807, 2.05) is 0 Å². The largest absolute Gasteiger partial charge is 0.489 e. The molecule has 0 bridgehead atoms. The molecule has 2 aromatic rings. The van der Waals surface area contributed by atoms with E-state index in [1.54, 1.807) is 36.4 Å². The number of rotatable bonds is 6. The summed E-state index contributed by atoms with van der Waals surface area (Å²) in [4.78, 5) is 22.0. The quantitative estimate of drug-likeness (QED) is 0.799. The molecule has 2 N–H and O–H groups in total. The fourth-order valence-electron chi connectivity index (χ4n) is 1.96. The zero-order valence-electron chi connectivity index (χ0n) is 13.0. The lowest BCUT2D eigenvalue weighted by molar-refractivity contribution is -0.134. The maximum absolute atomic E-state index is 13.1. The normalized spacial score (nSPS) is 11.0. The highest BCUT2D eigenvalue weighted by atomic mass is 19.1. The van der Waals surface area contributed by atoms with Crippen molar-refractivity contribution < 1.29 is 23.8 Å². The molecule has 6 heteroatoms. The molecule has 0 spiro atoms. The van der Waals surface area contributed by atoms with E-state index in [0.717, 1.165) is 0 Å². The second kappa shape index (κ2) is 7.92. The number of ether oxygens (including phenoxy) is 1. The number of carbonyl (C=O) groups is 2. The van der Waals surface area contributed by atoms with Crippen LogP contribution in [0.5, 0.6) is 5.75 Å². The summed E-state index contributed by atoms with van der Waals surface area (Å²) in [6.07, 6.45) is 1.35. The Balaban J connectivity index is 2.04. The van der Waals surface area contributed by atoms with Crippen LogP contribution in [0.25, 0.3) is 6.08 Å². The summed E-state index contributed by atoms with van der Waals surface area (Å²) in [7, 11) is 0. The minimum Gasteiger partial charge on any atom is -0.489 e. The third-order valence-corrected chi connectivity index (χ3v) is 3.03. The molecule has 0 aliphatic heterocycles. The van der Waals surface area contributed by atoms with Gasteiger partial charge in [0.2, 0.25) is 5.91 Å². The number of hydrogen-bond donors (Lipinski definition) is 2. The first kappa shape index (κ1) is 17.2. The van der Waals surface area contributed by atoms with Crippen molar-refractivity contribution >= 4 is 18.0 Å². The van der Waals surface area contributed by atoms with E-state index in [4.69, 9.17) is 9.84 Å². The number of nitrogens with one attached hydrogen (secondary N) is 1. The molecule has 0 fully saturated rings. The van der Waals surface area contributed by atoms with Gasteiger partial charge in [-0.2, -0.15) is 0 Å². The molecule has 0 saturated carbocycles. The highest BCUT2D eigenvalue weighted by Gasteiger charge is 2.08. The van der Waals surface area contributed by atoms with E-state index in [2.05, 4.69) is 5.32 Å². The van der Waals surface area contributed by atoms with Gasteiger partial charge in [0.05, 0.1) is 0 Å². The molecule has 0 aliphatic carbocycles. The monoisotopic (exact) mass is 329 g/mol. The molecule has 0 saturated heterocycles. The van der Waals surface area contributed by atoms with Crippen LogP contribution in [0.2, 0.25) is 0 Å². The predicted molar refractivity (Wildman–Crippen MR) is 86.6 cm³/mol. The van der Waals surface area contributed by atoms with Crippen molar-refractivity contribution in [1.82, 2.24) is 5.32 Å². The summed E-state index contributed by atoms with van der Waals surface area (Å²) in [5, 5.41) is 11.3. The third-order valence-electron chi connectivity index (χ3n) is 3.03. The molecule has 0 unspecified atom stereocenters. The van der Waals surface area contributed by atoms with E-state index in [9.17, 15) is 14.0 Å². The number of carbonyl (C=O) groups excluding carboxylic acids is 1. The van der Waals surface area contributed by atoms with Crippen molar-refractivity contribution in [2.45, 2.75) is 13.5 Å². The maximum Gasteiger partial charge on any atom is 0.352 e. The van der Waals surface area contributed by atoms with Crippen molar-refractivity contribution in [3.8, 4) is 5.75 Å². The van der Waals surface area contributed by atoms with E-state index in [1.165, 1.54) is 25.1 Å². The van der Waals surface area contributed by atoms with Crippen LogP contribution in [0, 0.1) is 5.82 Å². The Hall–Kier alpha value is -3.15. The Morgan fingerprint density at radius 2 is 1.92 bits per heavy atom. The van der Waals surface area contributed by atoms with Crippen LogP contribution in [-0.4, -0.2) is 17.0 Å². The summed E-state index contributed by atoms with van der Waals surface area (Å²) >= 11 is 0. The van der Waals surface area contributed by atoms with Gasteiger partial charge in [-0.15, -0.1) is 0 Å². The average molecular weight is 329 g/mol. The first-order valence-electron chi connectivity index (χ1n) is 7.14. The third kappa shape index (κ3) is 5.24. The van der Waals surface area contributed by atoms with Crippen molar-refractivity contribution in [2.75, 3.05) is 0 Å². The van der Waals surface area contributed by atoms with Crippen LogP contribution in [0.4, 0.5) is 4.39 Å². The summed E-state index contributed by atoms with van der Waals surface area (Å²) in [5.74, 6) is -1.45. The van der Waals surface area contributed by atoms with Gasteiger partial charge in [0, 0.05) is 6.92 Å². The zero-order valence-corrected chi connectivity index (χ0v) is 13.0. The van der Waals surface area contributed by atoms with Crippen LogP contribution in [-0.2, 0) is 16.2 Å². The standard InChI is InChI=1S/C18H16FNO4/c1-12(21)20-17(18(22)23)10-13-5-7-16(8-6-13)24-11-14-3-2-4-15(19)9-14/h2-10H,11H2,1H3,(H,20,21)(H,22,23). The molecule has 0 radical (unpaired) electrons. The molecule has 0 aliphatic rings. The number of carboxylic acids is 1. The molecular weight excluding hydrogens is 313 g/mol. The van der Waals surface area contributed by atoms with Crippen LogP contribution < -0.4 is 10.1 Å². The Bertz CT molecular complexity index is 769. The maximum atomic E-state index is 13.1. The molecule has 0 atom stereocenters. The topological polar surface area (TPSA) is 75.6 Å². The van der Waals surface area contributed by atoms with Crippen molar-refractivity contribution in [1.29, 1.82) is 0 Å². The number of amides is 1. The second-order valence-electron chi connectivity index (χ2n) is 5.03. The van der Waals surface area contributed by atoms with Gasteiger partial charge in [-0.3, -0.25) is 4.79 Å². The Morgan fingerprint density at radius 1 is 1.21 bits per heavy atom. The smallest absolute Gasteiger partial charge is 0.352 e. The lowest BCUT2D eigenvalue weighted by Gasteiger charge is -2.07. The molecule has 2 rings (SSSR count). The van der Waals surface area contributed by atoms with Crippen LogP contribution >= 0.6 is 0 Å². The number of benzene rings is 2. The molecule has 2 aromatic carbocycles. The summed E-state index contributed by atoms with van der Waals surface area (Å²) < 4.78 is 18.6. The van der Waals surface area contributed by atoms with E-state index < -0.39 is 11.9 Å². The van der Waals surface area contributed by atoms with Gasteiger partial charge in [0.25, 0.3) is 0 Å². The Morgan fingerprint density at radius 3 is 2.50 bits per heavy atom. The van der Waals surface area contributed by atoms with E-state index in [0.29, 0.717) is 16.9 Å². The molecule has 0 aromatic heterocycles. The zero-order chi connectivity index (χ0) is 17.5. The van der Waals surface area contributed by atoms with Gasteiger partial charge >= 0.3 is 5.97 Å². The predicted octanol–water partition coefficient (Wildman–Crippen LogP) is 2.97.